The molecule has 8 heteroatoms. The molecule has 3 N–H and O–H groups in total. The molecule has 33 heavy (non-hydrogen) atoms. The van der Waals surface area contributed by atoms with Gasteiger partial charge < -0.3 is 15.8 Å². The second-order valence-corrected chi connectivity index (χ2v) is 8.94. The Bertz CT molecular complexity index is 948. The molecule has 0 aliphatic heterocycles. The minimum Gasteiger partial charge on any atom is -0.488 e. The lowest BCUT2D eigenvalue weighted by Gasteiger charge is -2.22. The molecule has 1 amide bonds. The molecular weight excluding hydrogens is 418 g/mol. The van der Waals surface area contributed by atoms with Crippen molar-refractivity contribution in [2.45, 2.75) is 64.1 Å². The lowest BCUT2D eigenvalue weighted by atomic mass is 9.98. The number of Topliss-reactive ketones (excluding diaryl/α,β-unsaturated/α-hetero) is 1. The van der Waals surface area contributed by atoms with Gasteiger partial charge in [-0.2, -0.15) is 0 Å². The van der Waals surface area contributed by atoms with Crippen molar-refractivity contribution in [3.63, 3.8) is 0 Å². The fraction of sp³-hybridized carbons (Fsp3) is 0.440. The number of carbonyl (C=O) groups excluding carboxylic acids is 2. The Labute approximate surface area is 195 Å². The molecule has 176 valence electrons. The van der Waals surface area contributed by atoms with Crippen molar-refractivity contribution in [2.75, 3.05) is 6.54 Å². The highest BCUT2D eigenvalue weighted by Gasteiger charge is 2.24. The molecule has 0 unspecified atom stereocenters. The van der Waals surface area contributed by atoms with Crippen LogP contribution in [0.2, 0.25) is 0 Å². The van der Waals surface area contributed by atoms with E-state index in [1.54, 1.807) is 0 Å². The second-order valence-electron chi connectivity index (χ2n) is 8.94. The minimum absolute atomic E-state index is 0.115. The second kappa shape index (κ2) is 12.6. The van der Waals surface area contributed by atoms with Crippen LogP contribution in [0.5, 0.6) is 5.75 Å². The van der Waals surface area contributed by atoms with E-state index in [0.717, 1.165) is 16.9 Å². The fourth-order valence-electron chi connectivity index (χ4n) is 3.31. The third-order valence-corrected chi connectivity index (χ3v) is 4.87. The summed E-state index contributed by atoms with van der Waals surface area (Å²) in [5, 5.41) is 6.29. The SMILES string of the molecule is CC(C)(C)Oc1ccc(C[C@H](N)C(=O)N[C@@H](Cc2ccccc2)C(=O)CCCN=[N+]=[N-])cc1. The number of ether oxygens (including phenoxy) is 1. The summed E-state index contributed by atoms with van der Waals surface area (Å²) in [5.74, 6) is 0.254. The molecule has 0 saturated heterocycles. The van der Waals surface area contributed by atoms with E-state index in [-0.39, 0.29) is 30.3 Å². The van der Waals surface area contributed by atoms with Gasteiger partial charge >= 0.3 is 0 Å². The summed E-state index contributed by atoms with van der Waals surface area (Å²) >= 11 is 0. The normalized spacial score (nSPS) is 12.8. The molecule has 0 radical (unpaired) electrons. The lowest BCUT2D eigenvalue weighted by Crippen LogP contribution is -2.50. The summed E-state index contributed by atoms with van der Waals surface area (Å²) in [5.41, 5.74) is 16.1. The fourth-order valence-corrected chi connectivity index (χ4v) is 3.31. The molecule has 2 rings (SSSR count). The first-order valence-electron chi connectivity index (χ1n) is 11.1. The van der Waals surface area contributed by atoms with Crippen LogP contribution in [0.25, 0.3) is 10.4 Å². The Kier molecular flexibility index (Phi) is 9.91. The Morgan fingerprint density at radius 1 is 1.06 bits per heavy atom. The Morgan fingerprint density at radius 3 is 2.30 bits per heavy atom. The van der Waals surface area contributed by atoms with Crippen LogP contribution in [0.1, 0.15) is 44.7 Å². The number of hydrogen-bond acceptors (Lipinski definition) is 5. The Hall–Kier alpha value is -3.35. The first-order valence-corrected chi connectivity index (χ1v) is 11.1. The number of amides is 1. The zero-order chi connectivity index (χ0) is 24.3. The Morgan fingerprint density at radius 2 is 1.70 bits per heavy atom. The molecule has 2 aromatic carbocycles. The summed E-state index contributed by atoms with van der Waals surface area (Å²) in [4.78, 5) is 28.3. The van der Waals surface area contributed by atoms with E-state index in [1.165, 1.54) is 0 Å². The first kappa shape index (κ1) is 25.9. The van der Waals surface area contributed by atoms with E-state index in [2.05, 4.69) is 15.3 Å². The van der Waals surface area contributed by atoms with E-state index in [0.29, 0.717) is 19.3 Å². The number of ketones is 1. The van der Waals surface area contributed by atoms with Crippen molar-refractivity contribution in [1.29, 1.82) is 0 Å². The third-order valence-electron chi connectivity index (χ3n) is 4.87. The molecular formula is C25H33N5O3. The number of azide groups is 1. The molecule has 0 bridgehead atoms. The molecule has 0 aliphatic rings. The van der Waals surface area contributed by atoms with Crippen LogP contribution in [0.15, 0.2) is 59.7 Å². The molecule has 0 heterocycles. The van der Waals surface area contributed by atoms with Gasteiger partial charge in [-0.3, -0.25) is 9.59 Å². The van der Waals surface area contributed by atoms with Gasteiger partial charge in [0.05, 0.1) is 12.1 Å². The first-order chi connectivity index (χ1) is 15.7. The van der Waals surface area contributed by atoms with Gasteiger partial charge in [-0.15, -0.1) is 0 Å². The molecule has 8 nitrogen and oxygen atoms in total. The standard InChI is InChI=1S/C25H33N5O3/c1-25(2,3)33-20-13-11-19(12-14-20)16-21(26)24(32)29-22(17-18-8-5-4-6-9-18)23(31)10-7-15-28-30-27/h4-6,8-9,11-14,21-22H,7,10,15-17,26H2,1-3H3,(H,29,32)/t21-,22-/m0/s1. The van der Waals surface area contributed by atoms with Crippen molar-refractivity contribution in [3.8, 4) is 5.75 Å². The zero-order valence-electron chi connectivity index (χ0n) is 19.5. The molecule has 2 atom stereocenters. The number of nitrogens with two attached hydrogens (primary N) is 1. The van der Waals surface area contributed by atoms with Crippen LogP contribution in [0.4, 0.5) is 0 Å². The van der Waals surface area contributed by atoms with Crippen molar-refractivity contribution in [2.24, 2.45) is 10.8 Å². The van der Waals surface area contributed by atoms with Crippen LogP contribution in [-0.2, 0) is 22.4 Å². The van der Waals surface area contributed by atoms with Gasteiger partial charge in [-0.1, -0.05) is 47.6 Å². The number of nitrogens with one attached hydrogen (secondary N) is 1. The highest BCUT2D eigenvalue weighted by atomic mass is 16.5. The van der Waals surface area contributed by atoms with Gasteiger partial charge in [0.2, 0.25) is 5.91 Å². The van der Waals surface area contributed by atoms with E-state index in [9.17, 15) is 9.59 Å². The van der Waals surface area contributed by atoms with Gasteiger partial charge in [0, 0.05) is 17.9 Å². The molecule has 0 spiro atoms. The number of benzene rings is 2. The highest BCUT2D eigenvalue weighted by molar-refractivity contribution is 5.91. The van der Waals surface area contributed by atoms with Crippen molar-refractivity contribution >= 4 is 11.7 Å². The summed E-state index contributed by atoms with van der Waals surface area (Å²) in [6.07, 6.45) is 1.35. The van der Waals surface area contributed by atoms with Crippen molar-refractivity contribution in [3.05, 3.63) is 76.2 Å². The molecule has 0 saturated carbocycles. The Balaban J connectivity index is 2.00. The predicted octanol–water partition coefficient (Wildman–Crippen LogP) is 4.12. The van der Waals surface area contributed by atoms with Gasteiger partial charge in [-0.25, -0.2) is 0 Å². The van der Waals surface area contributed by atoms with Gasteiger partial charge in [-0.05, 0) is 68.8 Å². The van der Waals surface area contributed by atoms with E-state index in [4.69, 9.17) is 16.0 Å². The van der Waals surface area contributed by atoms with Crippen LogP contribution >= 0.6 is 0 Å². The van der Waals surface area contributed by atoms with Gasteiger partial charge in [0.1, 0.15) is 11.4 Å². The molecule has 2 aromatic rings. The third kappa shape index (κ3) is 9.76. The smallest absolute Gasteiger partial charge is 0.237 e. The van der Waals surface area contributed by atoms with E-state index in [1.807, 2.05) is 75.4 Å². The minimum atomic E-state index is -0.798. The molecule has 0 aliphatic carbocycles. The summed E-state index contributed by atoms with van der Waals surface area (Å²) in [7, 11) is 0. The van der Waals surface area contributed by atoms with Gasteiger partial charge in [0.15, 0.2) is 5.78 Å². The largest absolute Gasteiger partial charge is 0.488 e. The average Bonchev–Trinajstić information content (AvgIpc) is 2.77. The number of hydrogen-bond donors (Lipinski definition) is 2. The quantitative estimate of drug-likeness (QED) is 0.217. The maximum absolute atomic E-state index is 12.8. The predicted molar refractivity (Wildman–Crippen MR) is 129 cm³/mol. The van der Waals surface area contributed by atoms with Crippen LogP contribution in [0, 0.1) is 0 Å². The van der Waals surface area contributed by atoms with E-state index < -0.39 is 12.1 Å². The molecule has 0 fully saturated rings. The summed E-state index contributed by atoms with van der Waals surface area (Å²) in [6.45, 7) is 6.17. The van der Waals surface area contributed by atoms with Crippen molar-refractivity contribution < 1.29 is 14.3 Å². The maximum Gasteiger partial charge on any atom is 0.237 e. The monoisotopic (exact) mass is 451 g/mol. The highest BCUT2D eigenvalue weighted by Crippen LogP contribution is 2.19. The average molecular weight is 452 g/mol. The molecule has 0 aromatic heterocycles. The number of nitrogens with zero attached hydrogens (tertiary/aromatic N) is 3. The zero-order valence-corrected chi connectivity index (χ0v) is 19.5. The summed E-state index contributed by atoms with van der Waals surface area (Å²) in [6, 6.07) is 15.5. The van der Waals surface area contributed by atoms with Crippen molar-refractivity contribution in [1.82, 2.24) is 5.32 Å². The summed E-state index contributed by atoms with van der Waals surface area (Å²) < 4.78 is 5.82. The lowest BCUT2D eigenvalue weighted by molar-refractivity contribution is -0.128. The maximum atomic E-state index is 12.8. The topological polar surface area (TPSA) is 130 Å². The van der Waals surface area contributed by atoms with E-state index >= 15 is 0 Å². The van der Waals surface area contributed by atoms with Crippen LogP contribution in [0.3, 0.4) is 0 Å². The van der Waals surface area contributed by atoms with Crippen LogP contribution < -0.4 is 15.8 Å². The van der Waals surface area contributed by atoms with Crippen LogP contribution in [-0.4, -0.2) is 35.9 Å². The van der Waals surface area contributed by atoms with Gasteiger partial charge in [0.25, 0.3) is 0 Å². The number of rotatable bonds is 12. The number of carbonyl (C=O) groups is 2.